The molecule has 0 aliphatic heterocycles. The largest absolute Gasteiger partial charge is 0.476 e. The third-order valence-electron chi connectivity index (χ3n) is 2.71. The van der Waals surface area contributed by atoms with Gasteiger partial charge in [-0.25, -0.2) is 4.79 Å². The minimum absolute atomic E-state index is 0.118. The van der Waals surface area contributed by atoms with Gasteiger partial charge in [-0.1, -0.05) is 6.92 Å². The Morgan fingerprint density at radius 3 is 2.72 bits per heavy atom. The van der Waals surface area contributed by atoms with Crippen molar-refractivity contribution >= 4 is 11.7 Å². The van der Waals surface area contributed by atoms with E-state index >= 15 is 0 Å². The molecule has 0 saturated carbocycles. The third kappa shape index (κ3) is 2.20. The predicted molar refractivity (Wildman–Crippen MR) is 65.3 cm³/mol. The van der Waals surface area contributed by atoms with Gasteiger partial charge in [-0.15, -0.1) is 0 Å². The molecule has 18 heavy (non-hydrogen) atoms. The molecule has 2 aromatic rings. The molecular weight excluding hydrogens is 234 g/mol. The summed E-state index contributed by atoms with van der Waals surface area (Å²) in [5.74, 6) is -1.12. The number of carboxylic acid groups (broad SMARTS) is 1. The van der Waals surface area contributed by atoms with Gasteiger partial charge in [0.25, 0.3) is 0 Å². The fourth-order valence-corrected chi connectivity index (χ4v) is 1.74. The number of carbonyl (C=O) groups is 1. The van der Waals surface area contributed by atoms with Crippen molar-refractivity contribution in [3.8, 4) is 0 Å². The molecule has 0 atom stereocenters. The Kier molecular flexibility index (Phi) is 3.05. The van der Waals surface area contributed by atoms with Crippen LogP contribution in [0.15, 0.2) is 12.3 Å². The fourth-order valence-electron chi connectivity index (χ4n) is 1.74. The van der Waals surface area contributed by atoms with Crippen LogP contribution in [0.5, 0.6) is 0 Å². The quantitative estimate of drug-likeness (QED) is 0.822. The maximum atomic E-state index is 10.8. The zero-order valence-electron chi connectivity index (χ0n) is 10.3. The molecular formula is C11H15N5O2. The lowest BCUT2D eigenvalue weighted by atomic mass is 10.3. The molecule has 2 aromatic heterocycles. The van der Waals surface area contributed by atoms with Gasteiger partial charge >= 0.3 is 5.97 Å². The smallest absolute Gasteiger partial charge is 0.358 e. The molecule has 7 nitrogen and oxygen atoms in total. The summed E-state index contributed by atoms with van der Waals surface area (Å²) < 4.78 is 3.27. The maximum absolute atomic E-state index is 10.8. The molecule has 0 bridgehead atoms. The average Bonchev–Trinajstić information content (AvgIpc) is 2.83. The summed E-state index contributed by atoms with van der Waals surface area (Å²) in [6.07, 6.45) is 2.37. The number of anilines is 1. The predicted octanol–water partition coefficient (Wildman–Crippen LogP) is 0.508. The number of aromatic nitrogens is 4. The van der Waals surface area contributed by atoms with E-state index < -0.39 is 5.97 Å². The van der Waals surface area contributed by atoms with E-state index in [0.29, 0.717) is 6.54 Å². The monoisotopic (exact) mass is 249 g/mol. The van der Waals surface area contributed by atoms with Crippen LogP contribution in [0.1, 0.15) is 28.8 Å². The highest BCUT2D eigenvalue weighted by Crippen LogP contribution is 2.11. The number of nitrogens with zero attached hydrogens (tertiary/aromatic N) is 4. The van der Waals surface area contributed by atoms with E-state index in [0.717, 1.165) is 17.8 Å². The maximum Gasteiger partial charge on any atom is 0.358 e. The molecule has 2 heterocycles. The van der Waals surface area contributed by atoms with E-state index in [1.807, 2.05) is 20.0 Å². The third-order valence-corrected chi connectivity index (χ3v) is 2.71. The Labute approximate surface area is 104 Å². The van der Waals surface area contributed by atoms with Crippen molar-refractivity contribution in [2.24, 2.45) is 7.05 Å². The van der Waals surface area contributed by atoms with E-state index in [1.165, 1.54) is 10.9 Å². The average molecular weight is 249 g/mol. The first-order chi connectivity index (χ1) is 8.51. The summed E-state index contributed by atoms with van der Waals surface area (Å²) in [4.78, 5) is 10.8. The molecule has 0 aliphatic rings. The highest BCUT2D eigenvalue weighted by molar-refractivity contribution is 5.91. The van der Waals surface area contributed by atoms with Gasteiger partial charge in [0.05, 0.1) is 23.6 Å². The first kappa shape index (κ1) is 12.2. The van der Waals surface area contributed by atoms with E-state index in [2.05, 4.69) is 10.2 Å². The molecule has 0 unspecified atom stereocenters. The van der Waals surface area contributed by atoms with Crippen LogP contribution < -0.4 is 5.73 Å². The van der Waals surface area contributed by atoms with Crippen molar-refractivity contribution in [1.29, 1.82) is 0 Å². The lowest BCUT2D eigenvalue weighted by molar-refractivity contribution is 0.0690. The fraction of sp³-hybridized carbons (Fsp3) is 0.364. The standard InChI is InChI=1S/C11H15N5O2/c1-3-7-4-8(15(2)13-7)5-16-6-9(12)10(14-16)11(17)18/h4,6H,3,5,12H2,1-2H3,(H,17,18). The molecule has 2 rings (SSSR count). The van der Waals surface area contributed by atoms with Crippen molar-refractivity contribution in [1.82, 2.24) is 19.6 Å². The highest BCUT2D eigenvalue weighted by Gasteiger charge is 2.14. The van der Waals surface area contributed by atoms with Crippen molar-refractivity contribution in [3.05, 3.63) is 29.3 Å². The molecule has 0 fully saturated rings. The number of nitrogens with two attached hydrogens (primary N) is 1. The molecule has 0 aromatic carbocycles. The van der Waals surface area contributed by atoms with Gasteiger partial charge in [0, 0.05) is 13.2 Å². The topological polar surface area (TPSA) is 99.0 Å². The number of aryl methyl sites for hydroxylation is 2. The van der Waals surface area contributed by atoms with Gasteiger partial charge in [0.2, 0.25) is 0 Å². The summed E-state index contributed by atoms with van der Waals surface area (Å²) in [5, 5.41) is 17.1. The van der Waals surface area contributed by atoms with Gasteiger partial charge in [-0.05, 0) is 12.5 Å². The number of aromatic carboxylic acids is 1. The molecule has 96 valence electrons. The second-order valence-electron chi connectivity index (χ2n) is 4.04. The summed E-state index contributed by atoms with van der Waals surface area (Å²) in [5.41, 5.74) is 7.57. The Bertz CT molecular complexity index is 584. The minimum Gasteiger partial charge on any atom is -0.476 e. The first-order valence-electron chi connectivity index (χ1n) is 5.59. The van der Waals surface area contributed by atoms with Crippen LogP contribution in [0.4, 0.5) is 5.69 Å². The van der Waals surface area contributed by atoms with Gasteiger partial charge in [-0.3, -0.25) is 9.36 Å². The Morgan fingerprint density at radius 1 is 1.50 bits per heavy atom. The number of rotatable bonds is 4. The SMILES string of the molecule is CCc1cc(Cn2cc(N)c(C(=O)O)n2)n(C)n1. The molecule has 7 heteroatoms. The Hall–Kier alpha value is -2.31. The molecule has 0 amide bonds. The first-order valence-corrected chi connectivity index (χ1v) is 5.59. The Morgan fingerprint density at radius 2 is 2.22 bits per heavy atom. The van der Waals surface area contributed by atoms with Crippen LogP contribution in [0, 0.1) is 0 Å². The van der Waals surface area contributed by atoms with Crippen molar-refractivity contribution in [2.75, 3.05) is 5.73 Å². The molecule has 0 aliphatic carbocycles. The van der Waals surface area contributed by atoms with Crippen LogP contribution in [0.2, 0.25) is 0 Å². The summed E-state index contributed by atoms with van der Waals surface area (Å²) in [7, 11) is 1.85. The van der Waals surface area contributed by atoms with Crippen LogP contribution in [-0.2, 0) is 20.0 Å². The van der Waals surface area contributed by atoms with Crippen molar-refractivity contribution < 1.29 is 9.90 Å². The second kappa shape index (κ2) is 4.52. The summed E-state index contributed by atoms with van der Waals surface area (Å²) in [6.45, 7) is 2.47. The van der Waals surface area contributed by atoms with Crippen LogP contribution in [-0.4, -0.2) is 30.6 Å². The zero-order chi connectivity index (χ0) is 13.3. The second-order valence-corrected chi connectivity index (χ2v) is 4.04. The molecule has 0 radical (unpaired) electrons. The van der Waals surface area contributed by atoms with Gasteiger partial charge in [-0.2, -0.15) is 10.2 Å². The molecule has 3 N–H and O–H groups in total. The van der Waals surface area contributed by atoms with E-state index in [4.69, 9.17) is 10.8 Å². The lowest BCUT2D eigenvalue weighted by Gasteiger charge is -2.01. The van der Waals surface area contributed by atoms with Crippen LogP contribution in [0.25, 0.3) is 0 Å². The zero-order valence-corrected chi connectivity index (χ0v) is 10.3. The normalized spacial score (nSPS) is 10.8. The Balaban J connectivity index is 2.25. The van der Waals surface area contributed by atoms with Crippen molar-refractivity contribution in [2.45, 2.75) is 19.9 Å². The van der Waals surface area contributed by atoms with E-state index in [1.54, 1.807) is 4.68 Å². The number of nitrogen functional groups attached to an aromatic ring is 1. The van der Waals surface area contributed by atoms with Gasteiger partial charge in [0.1, 0.15) is 0 Å². The lowest BCUT2D eigenvalue weighted by Crippen LogP contribution is -2.07. The summed E-state index contributed by atoms with van der Waals surface area (Å²) in [6, 6.07) is 1.97. The highest BCUT2D eigenvalue weighted by atomic mass is 16.4. The molecule has 0 spiro atoms. The van der Waals surface area contributed by atoms with Gasteiger partial charge in [0.15, 0.2) is 5.69 Å². The number of carboxylic acids is 1. The van der Waals surface area contributed by atoms with E-state index in [-0.39, 0.29) is 11.4 Å². The van der Waals surface area contributed by atoms with Crippen molar-refractivity contribution in [3.63, 3.8) is 0 Å². The number of hydrogen-bond donors (Lipinski definition) is 2. The molecule has 0 saturated heterocycles. The van der Waals surface area contributed by atoms with Crippen LogP contribution >= 0.6 is 0 Å². The minimum atomic E-state index is -1.12. The van der Waals surface area contributed by atoms with Crippen LogP contribution in [0.3, 0.4) is 0 Å². The summed E-state index contributed by atoms with van der Waals surface area (Å²) >= 11 is 0. The number of hydrogen-bond acceptors (Lipinski definition) is 4. The van der Waals surface area contributed by atoms with E-state index in [9.17, 15) is 4.79 Å². The van der Waals surface area contributed by atoms with Gasteiger partial charge < -0.3 is 10.8 Å².